The average molecular weight is 660 g/mol. The summed E-state index contributed by atoms with van der Waals surface area (Å²) in [6.07, 6.45) is 1.34. The van der Waals surface area contributed by atoms with Gasteiger partial charge in [-0.05, 0) is 61.7 Å². The molecule has 234 valence electrons. The molecule has 0 N–H and O–H groups in total. The lowest BCUT2D eigenvalue weighted by Crippen LogP contribution is -2.37. The molecule has 43 heavy (non-hydrogen) atoms. The van der Waals surface area contributed by atoms with Gasteiger partial charge in [-0.1, -0.05) is 70.4 Å². The lowest BCUT2D eigenvalue weighted by molar-refractivity contribution is -0.0368. The van der Waals surface area contributed by atoms with Gasteiger partial charge in [0, 0.05) is 31.9 Å². The summed E-state index contributed by atoms with van der Waals surface area (Å²) in [5.41, 5.74) is -6.24. The van der Waals surface area contributed by atoms with Crippen LogP contribution in [0.4, 0.5) is 13.2 Å². The van der Waals surface area contributed by atoms with Crippen LogP contribution < -0.4 is 0 Å². The van der Waals surface area contributed by atoms with Crippen LogP contribution in [0.15, 0.2) is 101 Å². The molecule has 0 aromatic heterocycles. The Morgan fingerprint density at radius 2 is 1.14 bits per heavy atom. The van der Waals surface area contributed by atoms with Crippen LogP contribution in [0.1, 0.15) is 36.0 Å². The second-order valence-electron chi connectivity index (χ2n) is 9.16. The van der Waals surface area contributed by atoms with E-state index in [0.717, 1.165) is 0 Å². The minimum atomic E-state index is -4.64. The fourth-order valence-electron chi connectivity index (χ4n) is 3.86. The highest BCUT2D eigenvalue weighted by atomic mass is 32.3. The van der Waals surface area contributed by atoms with Gasteiger partial charge in [0.05, 0.1) is 9.79 Å². The molecule has 8 nitrogen and oxygen atoms in total. The van der Waals surface area contributed by atoms with Gasteiger partial charge < -0.3 is 9.47 Å². The van der Waals surface area contributed by atoms with Gasteiger partial charge in [0.15, 0.2) is 5.44 Å². The molecule has 0 bridgehead atoms. The SMILES string of the molecule is O=C(c1ccccc1)[C@H](OCCCCOCCCCN(S(=O)(=O)c1ccccc1)S(=O)(=O)c1ccccc1)SC(F)(F)F. The van der Waals surface area contributed by atoms with Crippen LogP contribution in [0.2, 0.25) is 0 Å². The zero-order valence-corrected chi connectivity index (χ0v) is 25.5. The minimum absolute atomic E-state index is 0.0840. The Morgan fingerprint density at radius 3 is 1.63 bits per heavy atom. The van der Waals surface area contributed by atoms with Crippen LogP contribution in [0.3, 0.4) is 0 Å². The van der Waals surface area contributed by atoms with Gasteiger partial charge in [-0.2, -0.15) is 13.2 Å². The van der Waals surface area contributed by atoms with E-state index in [2.05, 4.69) is 0 Å². The molecule has 3 aromatic carbocycles. The summed E-state index contributed by atoms with van der Waals surface area (Å²) in [5.74, 6) is -0.767. The molecule has 0 unspecified atom stereocenters. The monoisotopic (exact) mass is 659 g/mol. The quantitative estimate of drug-likeness (QED) is 0.0914. The van der Waals surface area contributed by atoms with Crippen molar-refractivity contribution < 1.29 is 44.3 Å². The highest BCUT2D eigenvalue weighted by Crippen LogP contribution is 2.36. The molecule has 0 heterocycles. The van der Waals surface area contributed by atoms with Gasteiger partial charge in [0.1, 0.15) is 0 Å². The number of thioether (sulfide) groups is 1. The van der Waals surface area contributed by atoms with E-state index < -0.39 is 48.5 Å². The Bertz CT molecular complexity index is 1420. The molecule has 0 aliphatic heterocycles. The third-order valence-electron chi connectivity index (χ3n) is 5.96. The van der Waals surface area contributed by atoms with Crippen molar-refractivity contribution >= 4 is 37.6 Å². The molecule has 0 radical (unpaired) electrons. The number of benzene rings is 3. The number of ether oxygens (including phenoxy) is 2. The lowest BCUT2D eigenvalue weighted by Gasteiger charge is -2.22. The normalized spacial score (nSPS) is 13.2. The van der Waals surface area contributed by atoms with E-state index in [1.807, 2.05) is 0 Å². The summed E-state index contributed by atoms with van der Waals surface area (Å²) >= 11 is -0.508. The van der Waals surface area contributed by atoms with Gasteiger partial charge >= 0.3 is 5.51 Å². The van der Waals surface area contributed by atoms with E-state index in [0.29, 0.717) is 23.0 Å². The molecule has 0 aliphatic carbocycles. The minimum Gasteiger partial charge on any atom is -0.381 e. The van der Waals surface area contributed by atoms with Gasteiger partial charge in [-0.25, -0.2) is 16.8 Å². The summed E-state index contributed by atoms with van der Waals surface area (Å²) in [6, 6.07) is 22.2. The second kappa shape index (κ2) is 16.4. The molecule has 1 atom stereocenters. The number of unbranched alkanes of at least 4 members (excludes halogenated alkanes) is 2. The number of halogens is 3. The van der Waals surface area contributed by atoms with Crippen LogP contribution in [-0.4, -0.2) is 63.6 Å². The van der Waals surface area contributed by atoms with Gasteiger partial charge in [0.25, 0.3) is 20.0 Å². The molecule has 0 spiro atoms. The van der Waals surface area contributed by atoms with Crippen molar-refractivity contribution in [2.45, 2.75) is 46.4 Å². The van der Waals surface area contributed by atoms with Crippen molar-refractivity contribution in [2.24, 2.45) is 0 Å². The van der Waals surface area contributed by atoms with E-state index in [1.54, 1.807) is 30.3 Å². The average Bonchev–Trinajstić information content (AvgIpc) is 2.99. The number of hydrogen-bond donors (Lipinski definition) is 0. The van der Waals surface area contributed by atoms with Gasteiger partial charge in [0.2, 0.25) is 5.78 Å². The van der Waals surface area contributed by atoms with Crippen LogP contribution in [-0.2, 0) is 29.5 Å². The molecule has 0 amide bonds. The fourth-order valence-corrected chi connectivity index (χ4v) is 8.27. The molecular weight excluding hydrogens is 628 g/mol. The van der Waals surface area contributed by atoms with Crippen molar-refractivity contribution in [2.75, 3.05) is 26.4 Å². The third-order valence-corrected chi connectivity index (χ3v) is 11.1. The van der Waals surface area contributed by atoms with Crippen molar-refractivity contribution in [3.63, 3.8) is 0 Å². The van der Waals surface area contributed by atoms with Crippen molar-refractivity contribution in [1.82, 2.24) is 3.71 Å². The first-order valence-electron chi connectivity index (χ1n) is 13.3. The third kappa shape index (κ3) is 10.7. The topological polar surface area (TPSA) is 107 Å². The van der Waals surface area contributed by atoms with E-state index >= 15 is 0 Å². The summed E-state index contributed by atoms with van der Waals surface area (Å²) in [7, 11) is -8.73. The fraction of sp³-hybridized carbons (Fsp3) is 0.345. The number of rotatable bonds is 18. The number of sulfonamides is 2. The predicted octanol–water partition coefficient (Wildman–Crippen LogP) is 6.12. The maximum atomic E-state index is 13.3. The predicted molar refractivity (Wildman–Crippen MR) is 157 cm³/mol. The largest absolute Gasteiger partial charge is 0.444 e. The van der Waals surface area contributed by atoms with E-state index in [9.17, 15) is 34.8 Å². The van der Waals surface area contributed by atoms with E-state index in [-0.39, 0.29) is 48.1 Å². The van der Waals surface area contributed by atoms with Crippen molar-refractivity contribution in [3.05, 3.63) is 96.6 Å². The van der Waals surface area contributed by atoms with E-state index in [1.165, 1.54) is 60.7 Å². The van der Waals surface area contributed by atoms with Crippen molar-refractivity contribution in [3.8, 4) is 0 Å². The summed E-state index contributed by atoms with van der Waals surface area (Å²) in [6.45, 7) is 0.0879. The Hall–Kier alpha value is -2.75. The van der Waals surface area contributed by atoms with Crippen LogP contribution in [0.5, 0.6) is 0 Å². The first-order valence-corrected chi connectivity index (χ1v) is 17.1. The number of carbonyl (C=O) groups excluding carboxylic acids is 1. The maximum Gasteiger partial charge on any atom is 0.444 e. The van der Waals surface area contributed by atoms with Crippen molar-refractivity contribution in [1.29, 1.82) is 0 Å². The van der Waals surface area contributed by atoms with E-state index in [4.69, 9.17) is 9.47 Å². The molecular formula is C29H32F3NO7S3. The number of hydrogen-bond acceptors (Lipinski definition) is 8. The molecule has 3 aromatic rings. The molecule has 3 rings (SSSR count). The molecule has 0 saturated heterocycles. The molecule has 0 aliphatic rings. The van der Waals surface area contributed by atoms with Crippen LogP contribution in [0.25, 0.3) is 0 Å². The van der Waals surface area contributed by atoms with Crippen LogP contribution in [0, 0.1) is 0 Å². The highest BCUT2D eigenvalue weighted by Gasteiger charge is 2.38. The van der Waals surface area contributed by atoms with Crippen LogP contribution >= 0.6 is 11.8 Å². The number of ketones is 1. The Morgan fingerprint density at radius 1 is 0.698 bits per heavy atom. The maximum absolute atomic E-state index is 13.3. The second-order valence-corrected chi connectivity index (χ2v) is 14.2. The molecule has 14 heteroatoms. The zero-order valence-electron chi connectivity index (χ0n) is 23.1. The first-order chi connectivity index (χ1) is 20.4. The lowest BCUT2D eigenvalue weighted by atomic mass is 10.1. The first kappa shape index (κ1) is 34.7. The number of nitrogens with zero attached hydrogens (tertiary/aromatic N) is 1. The summed E-state index contributed by atoms with van der Waals surface area (Å²) in [4.78, 5) is 12.2. The number of Topliss-reactive ketones (excluding diaryl/α,β-unsaturated/α-hetero) is 1. The molecule has 0 fully saturated rings. The summed E-state index contributed by atoms with van der Waals surface area (Å²) < 4.78 is 103. The Labute approximate surface area is 254 Å². The Balaban J connectivity index is 1.45. The number of carbonyl (C=O) groups is 1. The highest BCUT2D eigenvalue weighted by molar-refractivity contribution is 8.04. The summed E-state index contributed by atoms with van der Waals surface area (Å²) in [5, 5.41) is 0. The smallest absolute Gasteiger partial charge is 0.381 e. The zero-order chi connectivity index (χ0) is 31.3. The Kier molecular flexibility index (Phi) is 13.2. The van der Waals surface area contributed by atoms with Gasteiger partial charge in [-0.15, -0.1) is 0 Å². The molecule has 0 saturated carbocycles. The standard InChI is InChI=1S/C29H32F3NO7S3/c30-29(31,32)41-28(27(34)24-14-4-1-5-15-24)40-23-13-12-22-39-21-11-10-20-33(42(35,36)25-16-6-2-7-17-25)43(37,38)26-18-8-3-9-19-26/h1-9,14-19,28H,10-13,20-23H2/t28-/m1/s1. The van der Waals surface area contributed by atoms with Gasteiger partial charge in [-0.3, -0.25) is 4.79 Å². The number of alkyl halides is 3.